The van der Waals surface area contributed by atoms with Gasteiger partial charge in [-0.1, -0.05) is 17.8 Å². The highest BCUT2D eigenvalue weighted by atomic mass is 32.2. The molecule has 1 aliphatic heterocycles. The summed E-state index contributed by atoms with van der Waals surface area (Å²) in [6.45, 7) is 8.02. The average Bonchev–Trinajstić information content (AvgIpc) is 3.08. The standard InChI is InChI=1S/C20H27N3O3S2/c1-2-7-23-19(25)17-15-5-3-4-6-16(15)28-18(17)21-20(23)27-13-14(24)12-22-8-10-26-11-9-22/h2,14,24H,1,3-13H2/t14-/m1/s1. The molecule has 2 aromatic rings. The van der Waals surface area contributed by atoms with E-state index in [1.807, 2.05) is 0 Å². The molecule has 8 heteroatoms. The molecule has 0 spiro atoms. The van der Waals surface area contributed by atoms with E-state index in [-0.39, 0.29) is 5.56 Å². The van der Waals surface area contributed by atoms with E-state index < -0.39 is 6.10 Å². The van der Waals surface area contributed by atoms with E-state index in [9.17, 15) is 9.90 Å². The van der Waals surface area contributed by atoms with E-state index >= 15 is 0 Å². The molecule has 1 saturated heterocycles. The second-order valence-corrected chi connectivity index (χ2v) is 9.44. The number of ether oxygens (including phenoxy) is 1. The molecule has 1 atom stereocenters. The molecule has 1 N–H and O–H groups in total. The Kier molecular flexibility index (Phi) is 6.52. The van der Waals surface area contributed by atoms with E-state index in [4.69, 9.17) is 9.72 Å². The van der Waals surface area contributed by atoms with E-state index in [0.29, 0.717) is 24.0 Å². The van der Waals surface area contributed by atoms with Gasteiger partial charge in [-0.25, -0.2) is 4.98 Å². The lowest BCUT2D eigenvalue weighted by molar-refractivity contribution is 0.0188. The van der Waals surface area contributed by atoms with E-state index in [0.717, 1.165) is 55.8 Å². The second-order valence-electron chi connectivity index (χ2n) is 7.37. The Morgan fingerprint density at radius 3 is 2.89 bits per heavy atom. The molecule has 0 unspecified atom stereocenters. The Labute approximate surface area is 173 Å². The van der Waals surface area contributed by atoms with Gasteiger partial charge in [0.25, 0.3) is 5.56 Å². The van der Waals surface area contributed by atoms with Gasteiger partial charge in [0, 0.05) is 36.8 Å². The summed E-state index contributed by atoms with van der Waals surface area (Å²) in [5.41, 5.74) is 1.25. The summed E-state index contributed by atoms with van der Waals surface area (Å²) in [6, 6.07) is 0. The molecular formula is C20H27N3O3S2. The first-order chi connectivity index (χ1) is 13.7. The lowest BCUT2D eigenvalue weighted by Gasteiger charge is -2.28. The first-order valence-corrected chi connectivity index (χ1v) is 11.7. The van der Waals surface area contributed by atoms with Crippen LogP contribution in [0.2, 0.25) is 0 Å². The third-order valence-electron chi connectivity index (χ3n) is 5.33. The van der Waals surface area contributed by atoms with Crippen molar-refractivity contribution >= 4 is 33.3 Å². The normalized spacial score (nSPS) is 18.9. The number of allylic oxidation sites excluding steroid dienone is 1. The zero-order valence-corrected chi connectivity index (χ0v) is 17.7. The Morgan fingerprint density at radius 2 is 2.11 bits per heavy atom. The van der Waals surface area contributed by atoms with Crippen LogP contribution in [0.1, 0.15) is 23.3 Å². The van der Waals surface area contributed by atoms with Crippen molar-refractivity contribution in [1.29, 1.82) is 0 Å². The summed E-state index contributed by atoms with van der Waals surface area (Å²) in [5.74, 6) is 0.511. The predicted octanol–water partition coefficient (Wildman–Crippen LogP) is 2.31. The molecule has 6 nitrogen and oxygen atoms in total. The first kappa shape index (κ1) is 20.1. The number of morpholine rings is 1. The van der Waals surface area contributed by atoms with Crippen LogP contribution in [0.25, 0.3) is 10.2 Å². The largest absolute Gasteiger partial charge is 0.391 e. The molecule has 3 heterocycles. The van der Waals surface area contributed by atoms with E-state index in [2.05, 4.69) is 11.5 Å². The number of aliphatic hydroxyl groups excluding tert-OH is 1. The molecule has 2 aromatic heterocycles. The molecule has 1 aliphatic carbocycles. The number of fused-ring (bicyclic) bond motifs is 3. The zero-order valence-electron chi connectivity index (χ0n) is 16.1. The molecule has 0 radical (unpaired) electrons. The average molecular weight is 422 g/mol. The van der Waals surface area contributed by atoms with Crippen molar-refractivity contribution in [2.45, 2.75) is 43.5 Å². The fraction of sp³-hybridized carbons (Fsp3) is 0.600. The van der Waals surface area contributed by atoms with Gasteiger partial charge in [0.1, 0.15) is 4.83 Å². The third kappa shape index (κ3) is 4.21. The molecule has 2 aliphatic rings. The number of hydrogen-bond donors (Lipinski definition) is 1. The van der Waals surface area contributed by atoms with Crippen molar-refractivity contribution in [3.05, 3.63) is 33.4 Å². The van der Waals surface area contributed by atoms with Crippen LogP contribution >= 0.6 is 23.1 Å². The highest BCUT2D eigenvalue weighted by molar-refractivity contribution is 7.99. The molecule has 0 saturated carbocycles. The van der Waals surface area contributed by atoms with Gasteiger partial charge in [-0.2, -0.15) is 0 Å². The van der Waals surface area contributed by atoms with E-state index in [1.54, 1.807) is 22.0 Å². The van der Waals surface area contributed by atoms with Crippen molar-refractivity contribution in [1.82, 2.24) is 14.5 Å². The summed E-state index contributed by atoms with van der Waals surface area (Å²) in [6.07, 6.45) is 5.63. The SMILES string of the molecule is C=CCn1c(SC[C@H](O)CN2CCOCC2)nc2sc3c(c2c1=O)CCCC3. The number of hydrogen-bond acceptors (Lipinski definition) is 7. The predicted molar refractivity (Wildman–Crippen MR) is 115 cm³/mol. The van der Waals surface area contributed by atoms with Gasteiger partial charge in [-0.3, -0.25) is 14.3 Å². The van der Waals surface area contributed by atoms with Gasteiger partial charge in [0.15, 0.2) is 5.16 Å². The summed E-state index contributed by atoms with van der Waals surface area (Å²) >= 11 is 3.13. The third-order valence-corrected chi connectivity index (χ3v) is 7.64. The van der Waals surface area contributed by atoms with Crippen molar-refractivity contribution in [3.8, 4) is 0 Å². The molecule has 0 amide bonds. The number of aromatic nitrogens is 2. The maximum absolute atomic E-state index is 13.2. The molecule has 0 bridgehead atoms. The zero-order chi connectivity index (χ0) is 19.5. The van der Waals surface area contributed by atoms with Crippen LogP contribution in [0.4, 0.5) is 0 Å². The van der Waals surface area contributed by atoms with Crippen molar-refractivity contribution in [3.63, 3.8) is 0 Å². The van der Waals surface area contributed by atoms with Gasteiger partial charge in [0.05, 0.1) is 24.7 Å². The van der Waals surface area contributed by atoms with Crippen LogP contribution in [0.15, 0.2) is 22.6 Å². The van der Waals surface area contributed by atoms with Crippen LogP contribution in [0.3, 0.4) is 0 Å². The Balaban J connectivity index is 1.56. The topological polar surface area (TPSA) is 67.6 Å². The number of aryl methyl sites for hydroxylation is 2. The molecule has 1 fully saturated rings. The van der Waals surface area contributed by atoms with Gasteiger partial charge in [-0.05, 0) is 31.2 Å². The molecule has 152 valence electrons. The molecule has 4 rings (SSSR count). The Morgan fingerprint density at radius 1 is 1.32 bits per heavy atom. The number of thioether (sulfide) groups is 1. The minimum absolute atomic E-state index is 0.0365. The minimum atomic E-state index is -0.468. The smallest absolute Gasteiger partial charge is 0.263 e. The van der Waals surface area contributed by atoms with Crippen LogP contribution in [-0.4, -0.2) is 64.3 Å². The summed E-state index contributed by atoms with van der Waals surface area (Å²) < 4.78 is 7.07. The fourth-order valence-electron chi connectivity index (χ4n) is 3.93. The molecule has 0 aromatic carbocycles. The molecule has 28 heavy (non-hydrogen) atoms. The minimum Gasteiger partial charge on any atom is -0.391 e. The summed E-state index contributed by atoms with van der Waals surface area (Å²) in [4.78, 5) is 22.4. The number of nitrogens with zero attached hydrogens (tertiary/aromatic N) is 3. The number of β-amino-alcohol motifs (C(OH)–C–C–N with tert-alkyl or cyclic N) is 1. The first-order valence-electron chi connectivity index (χ1n) is 9.94. The highest BCUT2D eigenvalue weighted by Crippen LogP contribution is 2.34. The van der Waals surface area contributed by atoms with Crippen molar-refractivity contribution in [2.24, 2.45) is 0 Å². The quantitative estimate of drug-likeness (QED) is 0.420. The highest BCUT2D eigenvalue weighted by Gasteiger charge is 2.22. The van der Waals surface area contributed by atoms with Crippen LogP contribution in [0, 0.1) is 0 Å². The van der Waals surface area contributed by atoms with Gasteiger partial charge in [0.2, 0.25) is 0 Å². The van der Waals surface area contributed by atoms with Crippen LogP contribution in [0.5, 0.6) is 0 Å². The lowest BCUT2D eigenvalue weighted by Crippen LogP contribution is -2.41. The fourth-order valence-corrected chi connectivity index (χ4v) is 6.15. The van der Waals surface area contributed by atoms with E-state index in [1.165, 1.54) is 28.6 Å². The summed E-state index contributed by atoms with van der Waals surface area (Å²) in [7, 11) is 0. The second kappa shape index (κ2) is 9.09. The van der Waals surface area contributed by atoms with Crippen molar-refractivity contribution in [2.75, 3.05) is 38.6 Å². The van der Waals surface area contributed by atoms with Crippen molar-refractivity contribution < 1.29 is 9.84 Å². The maximum atomic E-state index is 13.2. The Bertz CT molecular complexity index is 902. The van der Waals surface area contributed by atoms with Gasteiger partial charge in [-0.15, -0.1) is 17.9 Å². The number of rotatable bonds is 7. The van der Waals surface area contributed by atoms with Crippen LogP contribution in [-0.2, 0) is 24.1 Å². The van der Waals surface area contributed by atoms with Gasteiger partial charge >= 0.3 is 0 Å². The molecular weight excluding hydrogens is 394 g/mol. The summed E-state index contributed by atoms with van der Waals surface area (Å²) in [5, 5.41) is 11.9. The number of aliphatic hydroxyl groups is 1. The number of thiophene rings is 1. The maximum Gasteiger partial charge on any atom is 0.263 e. The lowest BCUT2D eigenvalue weighted by atomic mass is 9.97. The van der Waals surface area contributed by atoms with Crippen LogP contribution < -0.4 is 5.56 Å². The monoisotopic (exact) mass is 421 g/mol. The Hall–Kier alpha value is -1.19. The van der Waals surface area contributed by atoms with Gasteiger partial charge < -0.3 is 9.84 Å².